The van der Waals surface area contributed by atoms with E-state index in [4.69, 9.17) is 15.0 Å². The Hall–Kier alpha value is -3.02. The molecule has 1 saturated heterocycles. The maximum Gasteiger partial charge on any atom is 0.291 e. The molecule has 0 bridgehead atoms. The Morgan fingerprint density at radius 1 is 1.29 bits per heavy atom. The quantitative estimate of drug-likeness (QED) is 0.560. The molecule has 2 aliphatic rings. The number of amides is 1. The summed E-state index contributed by atoms with van der Waals surface area (Å²) in [5, 5.41) is 22.0. The number of allylic oxidation sites excluding steroid dienone is 2. The van der Waals surface area contributed by atoms with Crippen LogP contribution < -0.4 is 5.32 Å². The molecule has 1 fully saturated rings. The average molecular weight is 478 g/mol. The standard InChI is InChI=1S/C27H35N5O3/c1-25(2)10-8-17(9-11-25)22-21(32-24(34)23-29-15-19(14-28)30-23)7-6-20(31-22)18-12-26(3,4)35-27(5,13-18)16-33/h6-8,15,18,33H,9-13,16H2,1-5H3,(H,29,30)(H,32,34)/t18?,27-/m1/s1. The lowest BCUT2D eigenvalue weighted by Crippen LogP contribution is -2.48. The van der Waals surface area contributed by atoms with E-state index in [9.17, 15) is 9.90 Å². The summed E-state index contributed by atoms with van der Waals surface area (Å²) in [5.74, 6) is -0.220. The molecule has 3 heterocycles. The number of aromatic amines is 1. The Morgan fingerprint density at radius 3 is 2.69 bits per heavy atom. The first-order valence-corrected chi connectivity index (χ1v) is 12.2. The van der Waals surface area contributed by atoms with Gasteiger partial charge in [0.15, 0.2) is 5.82 Å². The van der Waals surface area contributed by atoms with Crippen molar-refractivity contribution in [2.45, 2.75) is 83.8 Å². The van der Waals surface area contributed by atoms with E-state index in [0.29, 0.717) is 12.1 Å². The molecule has 0 aromatic carbocycles. The van der Waals surface area contributed by atoms with Crippen LogP contribution in [-0.4, -0.2) is 43.8 Å². The number of aromatic nitrogens is 3. The number of pyridine rings is 1. The molecular weight excluding hydrogens is 442 g/mol. The fraction of sp³-hybridized carbons (Fsp3) is 0.556. The zero-order valence-electron chi connectivity index (χ0n) is 21.2. The van der Waals surface area contributed by atoms with Crippen LogP contribution in [0.1, 0.15) is 100 Å². The lowest BCUT2D eigenvalue weighted by molar-refractivity contribution is -0.187. The second-order valence-electron chi connectivity index (χ2n) is 11.5. The molecule has 8 nitrogen and oxygen atoms in total. The van der Waals surface area contributed by atoms with Crippen LogP contribution in [0.2, 0.25) is 0 Å². The predicted octanol–water partition coefficient (Wildman–Crippen LogP) is 4.95. The number of carbonyl (C=O) groups excluding carboxylic acids is 1. The number of nitriles is 1. The van der Waals surface area contributed by atoms with Gasteiger partial charge in [0.1, 0.15) is 11.8 Å². The van der Waals surface area contributed by atoms with Crippen LogP contribution in [0.15, 0.2) is 24.4 Å². The van der Waals surface area contributed by atoms with Crippen molar-refractivity contribution in [2.75, 3.05) is 11.9 Å². The number of ether oxygens (including phenoxy) is 1. The fourth-order valence-electron chi connectivity index (χ4n) is 5.26. The van der Waals surface area contributed by atoms with E-state index in [1.165, 1.54) is 6.20 Å². The highest BCUT2D eigenvalue weighted by molar-refractivity contribution is 6.03. The summed E-state index contributed by atoms with van der Waals surface area (Å²) in [6.07, 6.45) is 7.88. The van der Waals surface area contributed by atoms with Crippen molar-refractivity contribution >= 4 is 17.2 Å². The Bertz CT molecular complexity index is 1190. The molecule has 1 aliphatic carbocycles. The summed E-state index contributed by atoms with van der Waals surface area (Å²) in [7, 11) is 0. The van der Waals surface area contributed by atoms with E-state index in [0.717, 1.165) is 42.6 Å². The average Bonchev–Trinajstić information content (AvgIpc) is 3.28. The van der Waals surface area contributed by atoms with Crippen molar-refractivity contribution in [3.05, 3.63) is 47.3 Å². The number of anilines is 1. The second kappa shape index (κ2) is 9.21. The lowest BCUT2D eigenvalue weighted by Gasteiger charge is -2.46. The number of hydrogen-bond acceptors (Lipinski definition) is 6. The summed E-state index contributed by atoms with van der Waals surface area (Å²) < 4.78 is 6.19. The van der Waals surface area contributed by atoms with E-state index in [1.54, 1.807) is 0 Å². The highest BCUT2D eigenvalue weighted by Crippen LogP contribution is 2.44. The van der Waals surface area contributed by atoms with Gasteiger partial charge < -0.3 is 20.1 Å². The van der Waals surface area contributed by atoms with E-state index >= 15 is 0 Å². The molecule has 1 aliphatic heterocycles. The summed E-state index contributed by atoms with van der Waals surface area (Å²) in [6, 6.07) is 5.81. The number of rotatable bonds is 5. The Balaban J connectivity index is 1.70. The highest BCUT2D eigenvalue weighted by atomic mass is 16.5. The van der Waals surface area contributed by atoms with Gasteiger partial charge in [0, 0.05) is 11.6 Å². The van der Waals surface area contributed by atoms with Gasteiger partial charge in [0.25, 0.3) is 5.91 Å². The molecule has 1 amide bonds. The van der Waals surface area contributed by atoms with Gasteiger partial charge in [-0.1, -0.05) is 19.9 Å². The summed E-state index contributed by atoms with van der Waals surface area (Å²) in [5.41, 5.74) is 2.90. The van der Waals surface area contributed by atoms with Crippen molar-refractivity contribution in [2.24, 2.45) is 5.41 Å². The largest absolute Gasteiger partial charge is 0.393 e. The maximum atomic E-state index is 12.9. The fourth-order valence-corrected chi connectivity index (χ4v) is 5.26. The lowest BCUT2D eigenvalue weighted by atomic mass is 9.77. The third-order valence-corrected chi connectivity index (χ3v) is 7.04. The normalized spacial score (nSPS) is 25.4. The molecule has 2 atom stereocenters. The maximum absolute atomic E-state index is 12.9. The molecule has 0 saturated carbocycles. The first kappa shape index (κ1) is 25.1. The third kappa shape index (κ3) is 5.63. The van der Waals surface area contributed by atoms with Gasteiger partial charge >= 0.3 is 0 Å². The minimum atomic E-state index is -0.632. The Morgan fingerprint density at radius 2 is 2.06 bits per heavy atom. The van der Waals surface area contributed by atoms with Crippen LogP contribution >= 0.6 is 0 Å². The van der Waals surface area contributed by atoms with Crippen molar-refractivity contribution in [1.29, 1.82) is 5.26 Å². The molecular formula is C27H35N5O3. The zero-order valence-corrected chi connectivity index (χ0v) is 21.2. The van der Waals surface area contributed by atoms with E-state index in [1.807, 2.05) is 39.0 Å². The summed E-state index contributed by atoms with van der Waals surface area (Å²) >= 11 is 0. The smallest absolute Gasteiger partial charge is 0.291 e. The van der Waals surface area contributed by atoms with Gasteiger partial charge in [-0.3, -0.25) is 9.78 Å². The van der Waals surface area contributed by atoms with Gasteiger partial charge in [-0.2, -0.15) is 5.26 Å². The minimum Gasteiger partial charge on any atom is -0.393 e. The molecule has 8 heteroatoms. The number of imidazole rings is 1. The molecule has 3 N–H and O–H groups in total. The number of H-pyrrole nitrogens is 1. The number of aliphatic hydroxyl groups excluding tert-OH is 1. The van der Waals surface area contributed by atoms with Crippen LogP contribution in [0.4, 0.5) is 5.69 Å². The zero-order chi connectivity index (χ0) is 25.4. The molecule has 35 heavy (non-hydrogen) atoms. The SMILES string of the molecule is CC1(C)CC=C(c2nc(C3CC(C)(C)O[C@@](C)(CO)C3)ccc2NC(=O)c2ncc(C#N)[nH]2)CC1. The van der Waals surface area contributed by atoms with Crippen molar-refractivity contribution in [3.63, 3.8) is 0 Å². The van der Waals surface area contributed by atoms with Gasteiger partial charge in [-0.05, 0) is 76.0 Å². The van der Waals surface area contributed by atoms with Gasteiger partial charge in [0.05, 0.1) is 35.4 Å². The first-order valence-electron chi connectivity index (χ1n) is 12.2. The van der Waals surface area contributed by atoms with Crippen molar-refractivity contribution < 1.29 is 14.6 Å². The van der Waals surface area contributed by atoms with Crippen LogP contribution in [0.5, 0.6) is 0 Å². The van der Waals surface area contributed by atoms with Crippen LogP contribution in [0.25, 0.3) is 5.57 Å². The van der Waals surface area contributed by atoms with E-state index in [-0.39, 0.29) is 35.1 Å². The van der Waals surface area contributed by atoms with E-state index in [2.05, 4.69) is 35.2 Å². The van der Waals surface area contributed by atoms with E-state index < -0.39 is 11.5 Å². The van der Waals surface area contributed by atoms with Gasteiger partial charge in [-0.15, -0.1) is 0 Å². The highest BCUT2D eigenvalue weighted by Gasteiger charge is 2.43. The minimum absolute atomic E-state index is 0.0536. The number of nitrogens with one attached hydrogen (secondary N) is 2. The topological polar surface area (TPSA) is 124 Å². The molecule has 4 rings (SSSR count). The third-order valence-electron chi connectivity index (χ3n) is 7.04. The number of nitrogens with zero attached hydrogens (tertiary/aromatic N) is 3. The summed E-state index contributed by atoms with van der Waals surface area (Å²) in [4.78, 5) is 24.7. The van der Waals surface area contributed by atoms with Crippen molar-refractivity contribution in [1.82, 2.24) is 15.0 Å². The van der Waals surface area contributed by atoms with Crippen LogP contribution in [0.3, 0.4) is 0 Å². The molecule has 1 unspecified atom stereocenters. The second-order valence-corrected chi connectivity index (χ2v) is 11.5. The number of hydrogen-bond donors (Lipinski definition) is 3. The number of aliphatic hydroxyl groups is 1. The molecule has 0 spiro atoms. The summed E-state index contributed by atoms with van der Waals surface area (Å²) in [6.45, 7) is 10.5. The molecule has 186 valence electrons. The first-order chi connectivity index (χ1) is 16.4. The van der Waals surface area contributed by atoms with Gasteiger partial charge in [-0.25, -0.2) is 4.98 Å². The molecule has 2 aromatic rings. The molecule has 2 aromatic heterocycles. The monoisotopic (exact) mass is 477 g/mol. The Kier molecular flexibility index (Phi) is 6.60. The number of carbonyl (C=O) groups is 1. The molecule has 0 radical (unpaired) electrons. The van der Waals surface area contributed by atoms with Crippen LogP contribution in [-0.2, 0) is 4.74 Å². The van der Waals surface area contributed by atoms with Crippen molar-refractivity contribution in [3.8, 4) is 6.07 Å². The Labute approximate surface area is 206 Å². The predicted molar refractivity (Wildman–Crippen MR) is 134 cm³/mol. The van der Waals surface area contributed by atoms with Gasteiger partial charge in [0.2, 0.25) is 0 Å². The van der Waals surface area contributed by atoms with Crippen LogP contribution in [0, 0.1) is 16.7 Å².